The molecule has 0 aliphatic carbocycles. The smallest absolute Gasteiger partial charge is 0.271 e. The van der Waals surface area contributed by atoms with Gasteiger partial charge in [0.2, 0.25) is 5.91 Å². The average Bonchev–Trinajstić information content (AvgIpc) is 2.77. The Labute approximate surface area is 193 Å². The van der Waals surface area contributed by atoms with Gasteiger partial charge in [0.25, 0.3) is 15.7 Å². The average molecular weight is 520 g/mol. The van der Waals surface area contributed by atoms with E-state index in [4.69, 9.17) is 4.74 Å². The van der Waals surface area contributed by atoms with Gasteiger partial charge in [0, 0.05) is 16.6 Å². The van der Waals surface area contributed by atoms with Gasteiger partial charge in [0.15, 0.2) is 0 Å². The fourth-order valence-electron chi connectivity index (χ4n) is 2.89. The second kappa shape index (κ2) is 9.79. The van der Waals surface area contributed by atoms with Crippen molar-refractivity contribution < 1.29 is 22.9 Å². The number of nitrogens with zero attached hydrogens (tertiary/aromatic N) is 2. The molecular formula is C21H18BrN3O6S. The number of nitrogens with one attached hydrogen (secondary N) is 1. The van der Waals surface area contributed by atoms with E-state index in [2.05, 4.69) is 21.2 Å². The molecule has 1 amide bonds. The third-order valence-corrected chi connectivity index (χ3v) is 6.66. The van der Waals surface area contributed by atoms with E-state index in [1.807, 2.05) is 0 Å². The summed E-state index contributed by atoms with van der Waals surface area (Å²) < 4.78 is 33.4. The van der Waals surface area contributed by atoms with Crippen LogP contribution in [0.1, 0.15) is 0 Å². The molecule has 0 bridgehead atoms. The number of carbonyl (C=O) groups excluding carboxylic acids is 1. The van der Waals surface area contributed by atoms with E-state index in [1.165, 1.54) is 31.4 Å². The van der Waals surface area contributed by atoms with Crippen molar-refractivity contribution in [1.82, 2.24) is 0 Å². The summed E-state index contributed by atoms with van der Waals surface area (Å²) in [5.74, 6) is -0.507. The molecule has 166 valence electrons. The van der Waals surface area contributed by atoms with Crippen LogP contribution in [0.5, 0.6) is 5.75 Å². The Balaban J connectivity index is 1.96. The molecule has 0 fully saturated rings. The number of ether oxygens (including phenoxy) is 1. The largest absolute Gasteiger partial charge is 0.495 e. The summed E-state index contributed by atoms with van der Waals surface area (Å²) in [6.07, 6.45) is 0. The summed E-state index contributed by atoms with van der Waals surface area (Å²) in [6.45, 7) is -0.570. The maximum atomic E-state index is 13.3. The lowest BCUT2D eigenvalue weighted by Gasteiger charge is -2.24. The molecule has 0 unspecified atom stereocenters. The van der Waals surface area contributed by atoms with Crippen molar-refractivity contribution in [3.8, 4) is 5.75 Å². The van der Waals surface area contributed by atoms with Crippen molar-refractivity contribution in [3.05, 3.63) is 87.4 Å². The van der Waals surface area contributed by atoms with Gasteiger partial charge in [-0.25, -0.2) is 8.42 Å². The zero-order valence-electron chi connectivity index (χ0n) is 16.8. The highest BCUT2D eigenvalue weighted by Crippen LogP contribution is 2.30. The number of non-ortho nitro benzene ring substituents is 1. The molecule has 32 heavy (non-hydrogen) atoms. The van der Waals surface area contributed by atoms with Gasteiger partial charge in [-0.15, -0.1) is 0 Å². The summed E-state index contributed by atoms with van der Waals surface area (Å²) >= 11 is 3.31. The minimum absolute atomic E-state index is 0.0145. The molecule has 0 atom stereocenters. The third kappa shape index (κ3) is 5.24. The first-order valence-electron chi connectivity index (χ1n) is 9.18. The molecule has 0 saturated carbocycles. The second-order valence-electron chi connectivity index (χ2n) is 6.49. The van der Waals surface area contributed by atoms with E-state index in [0.29, 0.717) is 4.47 Å². The SMILES string of the molecule is COc1ccc([N+](=O)[O-])cc1NC(=O)CN(c1cccc(Br)c1)S(=O)(=O)c1ccccc1. The maximum absolute atomic E-state index is 13.3. The Morgan fingerprint density at radius 3 is 2.44 bits per heavy atom. The van der Waals surface area contributed by atoms with Gasteiger partial charge in [-0.05, 0) is 36.4 Å². The summed E-state index contributed by atoms with van der Waals surface area (Å²) in [6, 6.07) is 18.0. The van der Waals surface area contributed by atoms with Gasteiger partial charge in [-0.3, -0.25) is 19.2 Å². The number of hydrogen-bond acceptors (Lipinski definition) is 6. The molecule has 11 heteroatoms. The van der Waals surface area contributed by atoms with Crippen molar-refractivity contribution in [1.29, 1.82) is 0 Å². The van der Waals surface area contributed by atoms with Gasteiger partial charge in [0.05, 0.1) is 28.3 Å². The molecule has 3 aromatic rings. The molecule has 0 spiro atoms. The normalized spacial score (nSPS) is 10.9. The third-order valence-electron chi connectivity index (χ3n) is 4.38. The lowest BCUT2D eigenvalue weighted by Crippen LogP contribution is -2.38. The Kier molecular flexibility index (Phi) is 7.11. The van der Waals surface area contributed by atoms with Crippen LogP contribution in [0.15, 0.2) is 82.2 Å². The van der Waals surface area contributed by atoms with Crippen LogP contribution in [0.3, 0.4) is 0 Å². The summed E-state index contributed by atoms with van der Waals surface area (Å²) in [5.41, 5.74) is 0.0734. The standard InChI is InChI=1S/C21H18BrN3O6S/c1-31-20-11-10-17(25(27)28)13-19(20)23-21(26)14-24(16-7-5-6-15(22)12-16)32(29,30)18-8-3-2-4-9-18/h2-13H,14H2,1H3,(H,23,26). The number of benzene rings is 3. The van der Waals surface area contributed by atoms with Gasteiger partial charge in [-0.2, -0.15) is 0 Å². The van der Waals surface area contributed by atoms with Crippen LogP contribution in [0.2, 0.25) is 0 Å². The minimum atomic E-state index is -4.08. The van der Waals surface area contributed by atoms with Crippen LogP contribution in [0.25, 0.3) is 0 Å². The lowest BCUT2D eigenvalue weighted by molar-refractivity contribution is -0.384. The Morgan fingerprint density at radius 2 is 1.81 bits per heavy atom. The van der Waals surface area contributed by atoms with E-state index < -0.39 is 27.4 Å². The van der Waals surface area contributed by atoms with E-state index in [1.54, 1.807) is 42.5 Å². The highest BCUT2D eigenvalue weighted by atomic mass is 79.9. The molecule has 1 N–H and O–H groups in total. The number of hydrogen-bond donors (Lipinski definition) is 1. The van der Waals surface area contributed by atoms with E-state index in [9.17, 15) is 23.3 Å². The number of carbonyl (C=O) groups is 1. The number of halogens is 1. The van der Waals surface area contributed by atoms with Crippen molar-refractivity contribution >= 4 is 48.9 Å². The Morgan fingerprint density at radius 1 is 1.09 bits per heavy atom. The molecule has 0 aliphatic rings. The molecular weight excluding hydrogens is 502 g/mol. The molecule has 0 heterocycles. The van der Waals surface area contributed by atoms with Crippen LogP contribution in [0.4, 0.5) is 17.1 Å². The molecule has 0 aromatic heterocycles. The monoisotopic (exact) mass is 519 g/mol. The predicted molar refractivity (Wildman–Crippen MR) is 123 cm³/mol. The van der Waals surface area contributed by atoms with Crippen LogP contribution in [-0.2, 0) is 14.8 Å². The number of methoxy groups -OCH3 is 1. The first kappa shape index (κ1) is 23.2. The molecule has 0 aliphatic heterocycles. The highest BCUT2D eigenvalue weighted by molar-refractivity contribution is 9.10. The van der Waals surface area contributed by atoms with Gasteiger partial charge in [-0.1, -0.05) is 40.2 Å². The van der Waals surface area contributed by atoms with Gasteiger partial charge >= 0.3 is 0 Å². The number of rotatable bonds is 8. The molecule has 9 nitrogen and oxygen atoms in total. The van der Waals surface area contributed by atoms with E-state index in [-0.39, 0.29) is 27.7 Å². The molecule has 3 aromatic carbocycles. The fourth-order valence-corrected chi connectivity index (χ4v) is 4.71. The number of sulfonamides is 1. The van der Waals surface area contributed by atoms with Crippen molar-refractivity contribution in [2.24, 2.45) is 0 Å². The fraction of sp³-hybridized carbons (Fsp3) is 0.0952. The highest BCUT2D eigenvalue weighted by Gasteiger charge is 2.27. The number of anilines is 2. The maximum Gasteiger partial charge on any atom is 0.271 e. The lowest BCUT2D eigenvalue weighted by atomic mass is 10.2. The number of amides is 1. The Bertz CT molecular complexity index is 1250. The first-order chi connectivity index (χ1) is 15.2. The minimum Gasteiger partial charge on any atom is -0.495 e. The molecule has 0 saturated heterocycles. The number of nitro benzene ring substituents is 1. The molecule has 3 rings (SSSR count). The second-order valence-corrected chi connectivity index (χ2v) is 9.27. The predicted octanol–water partition coefficient (Wildman–Crippen LogP) is 4.20. The van der Waals surface area contributed by atoms with Crippen LogP contribution >= 0.6 is 15.9 Å². The van der Waals surface area contributed by atoms with Crippen molar-refractivity contribution in [2.45, 2.75) is 4.90 Å². The quantitative estimate of drug-likeness (QED) is 0.351. The van der Waals surface area contributed by atoms with Gasteiger partial charge < -0.3 is 10.1 Å². The van der Waals surface area contributed by atoms with Crippen LogP contribution in [-0.4, -0.2) is 32.9 Å². The number of nitro groups is 1. The van der Waals surface area contributed by atoms with E-state index >= 15 is 0 Å². The zero-order chi connectivity index (χ0) is 23.3. The van der Waals surface area contributed by atoms with Crippen LogP contribution in [0, 0.1) is 10.1 Å². The summed E-state index contributed by atoms with van der Waals surface area (Å²) in [7, 11) is -2.73. The summed E-state index contributed by atoms with van der Waals surface area (Å²) in [5, 5.41) is 13.6. The zero-order valence-corrected chi connectivity index (χ0v) is 19.2. The summed E-state index contributed by atoms with van der Waals surface area (Å²) in [4.78, 5) is 23.3. The first-order valence-corrected chi connectivity index (χ1v) is 11.4. The van der Waals surface area contributed by atoms with Gasteiger partial charge in [0.1, 0.15) is 12.3 Å². The Hall–Kier alpha value is -3.44. The molecule has 0 radical (unpaired) electrons. The van der Waals surface area contributed by atoms with E-state index in [0.717, 1.165) is 10.4 Å². The van der Waals surface area contributed by atoms with Crippen molar-refractivity contribution in [3.63, 3.8) is 0 Å². The topological polar surface area (TPSA) is 119 Å². The van der Waals surface area contributed by atoms with Crippen molar-refractivity contribution in [2.75, 3.05) is 23.3 Å². The van der Waals surface area contributed by atoms with Crippen LogP contribution < -0.4 is 14.4 Å².